The molecule has 3 fully saturated rings. The Morgan fingerprint density at radius 1 is 0.812 bits per heavy atom. The molecule has 0 bridgehead atoms. The summed E-state index contributed by atoms with van der Waals surface area (Å²) in [5.41, 5.74) is 2.75. The summed E-state index contributed by atoms with van der Waals surface area (Å²) in [6, 6.07) is 0. The molecular formula is C44H81NO3. The van der Waals surface area contributed by atoms with Crippen LogP contribution in [0.1, 0.15) is 164 Å². The monoisotopic (exact) mass is 672 g/mol. The Hall–Kier alpha value is -0.420. The first kappa shape index (κ1) is 40.4. The molecule has 0 aromatic carbocycles. The van der Waals surface area contributed by atoms with Gasteiger partial charge in [-0.1, -0.05) is 105 Å². The van der Waals surface area contributed by atoms with Gasteiger partial charge in [-0.25, -0.2) is 0 Å². The maximum Gasteiger partial charge on any atom is 0.0934 e. The molecule has 4 nitrogen and oxygen atoms in total. The van der Waals surface area contributed by atoms with Crippen LogP contribution in [0.15, 0.2) is 11.6 Å². The van der Waals surface area contributed by atoms with Crippen molar-refractivity contribution in [1.29, 1.82) is 0 Å². The third-order valence-electron chi connectivity index (χ3n) is 14.0. The molecule has 3 unspecified atom stereocenters. The van der Waals surface area contributed by atoms with Crippen LogP contribution >= 0.6 is 0 Å². The zero-order valence-electron chi connectivity index (χ0n) is 33.3. The van der Waals surface area contributed by atoms with E-state index in [0.29, 0.717) is 23.5 Å². The van der Waals surface area contributed by atoms with Gasteiger partial charge in [0.2, 0.25) is 0 Å². The summed E-state index contributed by atoms with van der Waals surface area (Å²) in [6.45, 7) is 19.2. The van der Waals surface area contributed by atoms with Crippen molar-refractivity contribution in [3.8, 4) is 0 Å². The minimum atomic E-state index is 0.157. The number of likely N-dealkylation sites (N-methyl/N-ethyl adjacent to an activating group) is 1. The second kappa shape index (κ2) is 20.0. The second-order valence-corrected chi connectivity index (χ2v) is 18.3. The fourth-order valence-electron chi connectivity index (χ4n) is 11.3. The van der Waals surface area contributed by atoms with Crippen LogP contribution in [-0.4, -0.2) is 64.2 Å². The van der Waals surface area contributed by atoms with Crippen molar-refractivity contribution in [2.75, 3.05) is 47.1 Å². The molecule has 0 aliphatic heterocycles. The molecule has 0 amide bonds. The van der Waals surface area contributed by atoms with E-state index in [4.69, 9.17) is 14.2 Å². The summed E-state index contributed by atoms with van der Waals surface area (Å²) in [7, 11) is 4.25. The Bertz CT molecular complexity index is 932. The molecule has 0 aromatic rings. The molecule has 0 heterocycles. The zero-order chi connectivity index (χ0) is 34.6. The lowest BCUT2D eigenvalue weighted by atomic mass is 9.47. The zero-order valence-corrected chi connectivity index (χ0v) is 33.3. The van der Waals surface area contributed by atoms with Crippen LogP contribution in [0.5, 0.6) is 0 Å². The van der Waals surface area contributed by atoms with Crippen molar-refractivity contribution in [3.05, 3.63) is 11.6 Å². The van der Waals surface area contributed by atoms with E-state index in [-0.39, 0.29) is 6.10 Å². The van der Waals surface area contributed by atoms with Gasteiger partial charge in [0.15, 0.2) is 0 Å². The van der Waals surface area contributed by atoms with Crippen LogP contribution < -0.4 is 0 Å². The van der Waals surface area contributed by atoms with Crippen molar-refractivity contribution in [2.24, 2.45) is 46.3 Å². The summed E-state index contributed by atoms with van der Waals surface area (Å²) in [5.74, 6) is 5.45. The molecule has 4 rings (SSSR count). The molecule has 4 aliphatic carbocycles. The summed E-state index contributed by atoms with van der Waals surface area (Å²) in [6.07, 6.45) is 28.6. The van der Waals surface area contributed by atoms with Gasteiger partial charge < -0.3 is 19.1 Å². The van der Waals surface area contributed by atoms with Crippen LogP contribution in [0.2, 0.25) is 0 Å². The van der Waals surface area contributed by atoms with E-state index in [0.717, 1.165) is 74.7 Å². The second-order valence-electron chi connectivity index (χ2n) is 18.3. The number of hydrogen-bond acceptors (Lipinski definition) is 4. The lowest BCUT2D eigenvalue weighted by molar-refractivity contribution is -0.0648. The average Bonchev–Trinajstić information content (AvgIpc) is 3.40. The maximum absolute atomic E-state index is 6.55. The summed E-state index contributed by atoms with van der Waals surface area (Å²) in [5, 5.41) is 0. The van der Waals surface area contributed by atoms with Crippen LogP contribution in [0, 0.1) is 46.3 Å². The van der Waals surface area contributed by atoms with E-state index in [1.54, 1.807) is 5.57 Å². The molecule has 3 saturated carbocycles. The van der Waals surface area contributed by atoms with E-state index in [2.05, 4.69) is 66.6 Å². The van der Waals surface area contributed by atoms with Gasteiger partial charge in [0.1, 0.15) is 0 Å². The molecule has 0 N–H and O–H groups in total. The highest BCUT2D eigenvalue weighted by Crippen LogP contribution is 2.67. The highest BCUT2D eigenvalue weighted by atomic mass is 16.5. The van der Waals surface area contributed by atoms with Crippen molar-refractivity contribution < 1.29 is 14.2 Å². The van der Waals surface area contributed by atoms with Crippen LogP contribution in [-0.2, 0) is 14.2 Å². The van der Waals surface area contributed by atoms with Gasteiger partial charge in [-0.2, -0.15) is 0 Å². The third kappa shape index (κ3) is 11.0. The third-order valence-corrected chi connectivity index (χ3v) is 14.0. The van der Waals surface area contributed by atoms with Gasteiger partial charge in [-0.05, 0) is 131 Å². The van der Waals surface area contributed by atoms with Crippen molar-refractivity contribution in [3.63, 3.8) is 0 Å². The van der Waals surface area contributed by atoms with E-state index >= 15 is 0 Å². The van der Waals surface area contributed by atoms with E-state index < -0.39 is 0 Å². The predicted molar refractivity (Wildman–Crippen MR) is 205 cm³/mol. The Balaban J connectivity index is 1.15. The van der Waals surface area contributed by atoms with Crippen molar-refractivity contribution >= 4 is 0 Å². The lowest BCUT2D eigenvalue weighted by Crippen LogP contribution is -2.51. The minimum Gasteiger partial charge on any atom is -0.379 e. The molecule has 0 spiro atoms. The van der Waals surface area contributed by atoms with Gasteiger partial charge in [-0.3, -0.25) is 0 Å². The molecule has 48 heavy (non-hydrogen) atoms. The van der Waals surface area contributed by atoms with Gasteiger partial charge in [0.05, 0.1) is 18.8 Å². The van der Waals surface area contributed by atoms with E-state index in [1.165, 1.54) is 109 Å². The molecule has 0 saturated heterocycles. The SMILES string of the molecule is CCCCCCCCOC[C@@H](CN(C)C)OCCCCO[C@H]1CC[C@@]2(C)C(=CCC3C2CC[C@@]2(C)C3CC[C@@H]2[C@H](C)CCCC(C)C)C1. The largest absolute Gasteiger partial charge is 0.379 e. The normalized spacial score (nSPS) is 33.0. The smallest absolute Gasteiger partial charge is 0.0934 e. The molecule has 4 aliphatic rings. The van der Waals surface area contributed by atoms with Crippen molar-refractivity contribution in [2.45, 2.75) is 176 Å². The predicted octanol–water partition coefficient (Wildman–Crippen LogP) is 11.5. The quantitative estimate of drug-likeness (QED) is 0.0799. The number of allylic oxidation sites excluding steroid dienone is 1. The van der Waals surface area contributed by atoms with E-state index in [9.17, 15) is 0 Å². The number of rotatable bonds is 23. The van der Waals surface area contributed by atoms with Crippen LogP contribution in [0.3, 0.4) is 0 Å². The Morgan fingerprint density at radius 3 is 2.33 bits per heavy atom. The Kier molecular flexibility index (Phi) is 16.8. The number of unbranched alkanes of at least 4 members (excludes halogenated alkanes) is 6. The van der Waals surface area contributed by atoms with Gasteiger partial charge in [-0.15, -0.1) is 0 Å². The highest BCUT2D eigenvalue weighted by molar-refractivity contribution is 5.25. The first-order chi connectivity index (χ1) is 23.1. The van der Waals surface area contributed by atoms with Crippen LogP contribution in [0.4, 0.5) is 0 Å². The summed E-state index contributed by atoms with van der Waals surface area (Å²) in [4.78, 5) is 2.22. The molecule has 4 heteroatoms. The molecule has 0 radical (unpaired) electrons. The number of ether oxygens (including phenoxy) is 3. The Labute approximate surface area is 299 Å². The standard InChI is InChI=1S/C44H81NO3/c1-9-10-11-12-13-14-28-46-33-38(32-45(7)8)48-30-16-15-29-47-37-24-26-43(5)36(31-37)20-21-39-41-23-22-40(35(4)19-17-18-34(2)3)44(41,6)27-25-42(39)43/h20,34-35,37-42H,9-19,21-33H2,1-8H3/t35-,37+,38-,39?,40-,41?,42?,43+,44-/m1/s1. The van der Waals surface area contributed by atoms with Gasteiger partial charge >= 0.3 is 0 Å². The summed E-state index contributed by atoms with van der Waals surface area (Å²) >= 11 is 0. The Morgan fingerprint density at radius 2 is 1.56 bits per heavy atom. The fourth-order valence-corrected chi connectivity index (χ4v) is 11.3. The fraction of sp³-hybridized carbons (Fsp3) is 0.955. The molecule has 0 aromatic heterocycles. The topological polar surface area (TPSA) is 30.9 Å². The maximum atomic E-state index is 6.55. The number of hydrogen-bond donors (Lipinski definition) is 0. The first-order valence-corrected chi connectivity index (χ1v) is 21.2. The molecular weight excluding hydrogens is 590 g/mol. The number of nitrogens with zero attached hydrogens (tertiary/aromatic N) is 1. The van der Waals surface area contributed by atoms with Crippen molar-refractivity contribution in [1.82, 2.24) is 4.90 Å². The summed E-state index contributed by atoms with van der Waals surface area (Å²) < 4.78 is 18.9. The average molecular weight is 672 g/mol. The minimum absolute atomic E-state index is 0.157. The molecule has 9 atom stereocenters. The highest BCUT2D eigenvalue weighted by Gasteiger charge is 2.59. The lowest BCUT2D eigenvalue weighted by Gasteiger charge is -2.58. The molecule has 280 valence electrons. The first-order valence-electron chi connectivity index (χ1n) is 21.2. The number of fused-ring (bicyclic) bond motifs is 5. The van der Waals surface area contributed by atoms with E-state index in [1.807, 2.05) is 0 Å². The van der Waals surface area contributed by atoms with Gasteiger partial charge in [0, 0.05) is 26.4 Å². The van der Waals surface area contributed by atoms with Crippen LogP contribution in [0.25, 0.3) is 0 Å². The van der Waals surface area contributed by atoms with Gasteiger partial charge in [0.25, 0.3) is 0 Å².